The minimum absolute atomic E-state index is 0.0767. The van der Waals surface area contributed by atoms with E-state index in [0.29, 0.717) is 24.0 Å². The van der Waals surface area contributed by atoms with Crippen molar-refractivity contribution in [3.63, 3.8) is 0 Å². The fourth-order valence-corrected chi connectivity index (χ4v) is 2.22. The number of nitrogens with zero attached hydrogens (tertiary/aromatic N) is 1. The van der Waals surface area contributed by atoms with Crippen molar-refractivity contribution in [3.05, 3.63) is 35.4 Å². The molecule has 0 spiro atoms. The van der Waals surface area contributed by atoms with Gasteiger partial charge in [-0.25, -0.2) is 0 Å². The summed E-state index contributed by atoms with van der Waals surface area (Å²) in [5.74, 6) is -1.11. The van der Waals surface area contributed by atoms with E-state index in [1.165, 1.54) is 4.90 Å². The summed E-state index contributed by atoms with van der Waals surface area (Å²) >= 11 is 0. The Morgan fingerprint density at radius 2 is 1.68 bits per heavy atom. The normalized spacial score (nSPS) is 13.9. The van der Waals surface area contributed by atoms with Crippen molar-refractivity contribution in [3.8, 4) is 0 Å². The molecule has 0 fully saturated rings. The van der Waals surface area contributed by atoms with Crippen LogP contribution in [0.15, 0.2) is 24.3 Å². The second-order valence-electron chi connectivity index (χ2n) is 4.60. The van der Waals surface area contributed by atoms with Crippen LogP contribution in [0.4, 0.5) is 0 Å². The van der Waals surface area contributed by atoms with Gasteiger partial charge in [-0.15, -0.1) is 0 Å². The number of hydrogen-bond acceptors (Lipinski definition) is 4. The molecular weight excluding hydrogens is 284 g/mol. The van der Waals surface area contributed by atoms with Crippen molar-refractivity contribution >= 4 is 24.1 Å². The molecule has 1 aliphatic heterocycles. The molecular formula is C16H20N2O4. The quantitative estimate of drug-likeness (QED) is 0.663. The summed E-state index contributed by atoms with van der Waals surface area (Å²) in [5, 5.41) is 2.02. The zero-order chi connectivity index (χ0) is 16.7. The van der Waals surface area contributed by atoms with Gasteiger partial charge >= 0.3 is 0 Å². The van der Waals surface area contributed by atoms with Crippen molar-refractivity contribution < 1.29 is 19.2 Å². The highest BCUT2D eigenvalue weighted by Crippen LogP contribution is 2.25. The molecule has 6 heteroatoms. The standard InChI is InChI=1S/C14H14N2O4.C2H6/c1-9(6-7-12(18)15-8-17)16-13(19)10-4-2-3-5-11(10)14(16)20;1-2/h2-5,8-9H,6-7H2,1H3,(H,15,17,18);1-2H3. The summed E-state index contributed by atoms with van der Waals surface area (Å²) in [6.07, 6.45) is 0.702. The Balaban J connectivity index is 0.00000116. The van der Waals surface area contributed by atoms with Crippen LogP contribution in [-0.2, 0) is 9.59 Å². The Hall–Kier alpha value is -2.50. The van der Waals surface area contributed by atoms with Crippen LogP contribution in [0.2, 0.25) is 0 Å². The van der Waals surface area contributed by atoms with Crippen LogP contribution in [0.25, 0.3) is 0 Å². The third kappa shape index (κ3) is 3.58. The Morgan fingerprint density at radius 1 is 1.18 bits per heavy atom. The zero-order valence-electron chi connectivity index (χ0n) is 13.0. The van der Waals surface area contributed by atoms with E-state index in [2.05, 4.69) is 0 Å². The third-order valence-corrected chi connectivity index (χ3v) is 3.28. The lowest BCUT2D eigenvalue weighted by atomic mass is 10.1. The van der Waals surface area contributed by atoms with E-state index in [-0.39, 0.29) is 18.2 Å². The Labute approximate surface area is 129 Å². The van der Waals surface area contributed by atoms with Crippen LogP contribution in [0.5, 0.6) is 0 Å². The molecule has 1 atom stereocenters. The Bertz CT molecular complexity index is 548. The van der Waals surface area contributed by atoms with Gasteiger partial charge in [0.05, 0.1) is 11.1 Å². The minimum atomic E-state index is -0.427. The molecule has 0 aromatic heterocycles. The van der Waals surface area contributed by atoms with E-state index in [4.69, 9.17) is 0 Å². The molecule has 4 amide bonds. The highest BCUT2D eigenvalue weighted by molar-refractivity contribution is 6.21. The molecule has 0 saturated heterocycles. The largest absolute Gasteiger partial charge is 0.299 e. The number of imide groups is 2. The average molecular weight is 304 g/mol. The van der Waals surface area contributed by atoms with Crippen LogP contribution >= 0.6 is 0 Å². The van der Waals surface area contributed by atoms with Crippen molar-refractivity contribution in [2.45, 2.75) is 39.7 Å². The van der Waals surface area contributed by atoms with E-state index < -0.39 is 11.9 Å². The van der Waals surface area contributed by atoms with E-state index in [1.807, 2.05) is 19.2 Å². The lowest BCUT2D eigenvalue weighted by Crippen LogP contribution is -2.38. The molecule has 2 rings (SSSR count). The molecule has 0 aliphatic carbocycles. The molecule has 1 heterocycles. The first-order valence-corrected chi connectivity index (χ1v) is 7.26. The van der Waals surface area contributed by atoms with Crippen LogP contribution in [0.1, 0.15) is 54.3 Å². The molecule has 1 unspecified atom stereocenters. The van der Waals surface area contributed by atoms with Gasteiger partial charge in [-0.1, -0.05) is 26.0 Å². The van der Waals surface area contributed by atoms with Gasteiger partial charge in [-0.3, -0.25) is 29.4 Å². The number of amides is 4. The maximum absolute atomic E-state index is 12.2. The summed E-state index contributed by atoms with van der Waals surface area (Å²) in [7, 11) is 0. The molecule has 22 heavy (non-hydrogen) atoms. The van der Waals surface area contributed by atoms with Gasteiger partial charge < -0.3 is 0 Å². The van der Waals surface area contributed by atoms with Gasteiger partial charge in [-0.2, -0.15) is 0 Å². The van der Waals surface area contributed by atoms with Gasteiger partial charge in [0.2, 0.25) is 12.3 Å². The second-order valence-corrected chi connectivity index (χ2v) is 4.60. The molecule has 0 radical (unpaired) electrons. The topological polar surface area (TPSA) is 83.6 Å². The van der Waals surface area contributed by atoms with Crippen molar-refractivity contribution in [2.24, 2.45) is 0 Å². The van der Waals surface area contributed by atoms with E-state index in [9.17, 15) is 19.2 Å². The highest BCUT2D eigenvalue weighted by Gasteiger charge is 2.37. The molecule has 0 bridgehead atoms. The summed E-state index contributed by atoms with van der Waals surface area (Å²) in [6.45, 7) is 5.70. The number of rotatable bonds is 5. The van der Waals surface area contributed by atoms with Crippen LogP contribution in [-0.4, -0.2) is 35.1 Å². The lowest BCUT2D eigenvalue weighted by Gasteiger charge is -2.22. The molecule has 1 aromatic carbocycles. The summed E-state index contributed by atoms with van der Waals surface area (Å²) < 4.78 is 0. The number of nitrogens with one attached hydrogen (secondary N) is 1. The molecule has 1 N–H and O–H groups in total. The van der Waals surface area contributed by atoms with Gasteiger partial charge in [0.1, 0.15) is 0 Å². The molecule has 1 aliphatic rings. The monoisotopic (exact) mass is 304 g/mol. The average Bonchev–Trinajstić information content (AvgIpc) is 2.79. The van der Waals surface area contributed by atoms with Crippen LogP contribution < -0.4 is 5.32 Å². The molecule has 1 aromatic rings. The Morgan fingerprint density at radius 3 is 2.14 bits per heavy atom. The van der Waals surface area contributed by atoms with Gasteiger partial charge in [0, 0.05) is 12.5 Å². The highest BCUT2D eigenvalue weighted by atomic mass is 16.2. The van der Waals surface area contributed by atoms with Gasteiger partial charge in [-0.05, 0) is 25.5 Å². The molecule has 0 saturated carbocycles. The van der Waals surface area contributed by atoms with Crippen molar-refractivity contribution in [2.75, 3.05) is 0 Å². The fourth-order valence-electron chi connectivity index (χ4n) is 2.22. The number of carbonyl (C=O) groups excluding carboxylic acids is 4. The summed E-state index contributed by atoms with van der Waals surface area (Å²) in [4.78, 5) is 46.8. The minimum Gasteiger partial charge on any atom is -0.299 e. The van der Waals surface area contributed by atoms with E-state index in [0.717, 1.165) is 0 Å². The maximum atomic E-state index is 12.2. The third-order valence-electron chi connectivity index (χ3n) is 3.28. The van der Waals surface area contributed by atoms with Crippen LogP contribution in [0, 0.1) is 0 Å². The van der Waals surface area contributed by atoms with Crippen molar-refractivity contribution in [1.29, 1.82) is 0 Å². The zero-order valence-corrected chi connectivity index (χ0v) is 13.0. The summed E-state index contributed by atoms with van der Waals surface area (Å²) in [6, 6.07) is 6.23. The van der Waals surface area contributed by atoms with Gasteiger partial charge in [0.15, 0.2) is 0 Å². The molecule has 6 nitrogen and oxygen atoms in total. The van der Waals surface area contributed by atoms with E-state index in [1.54, 1.807) is 31.2 Å². The lowest BCUT2D eigenvalue weighted by molar-refractivity contribution is -0.125. The first-order valence-electron chi connectivity index (χ1n) is 7.26. The number of benzene rings is 1. The first-order chi connectivity index (χ1) is 10.6. The SMILES string of the molecule is CC.CC(CCC(=O)NC=O)N1C(=O)c2ccccc2C1=O. The van der Waals surface area contributed by atoms with Crippen molar-refractivity contribution in [1.82, 2.24) is 10.2 Å². The van der Waals surface area contributed by atoms with E-state index >= 15 is 0 Å². The number of fused-ring (bicyclic) bond motifs is 1. The smallest absolute Gasteiger partial charge is 0.261 e. The maximum Gasteiger partial charge on any atom is 0.261 e. The molecule has 118 valence electrons. The summed E-state index contributed by atoms with van der Waals surface area (Å²) in [5.41, 5.74) is 0.781. The number of hydrogen-bond donors (Lipinski definition) is 1. The predicted molar refractivity (Wildman–Crippen MR) is 81.2 cm³/mol. The number of carbonyl (C=O) groups is 4. The van der Waals surface area contributed by atoms with Crippen LogP contribution in [0.3, 0.4) is 0 Å². The van der Waals surface area contributed by atoms with Gasteiger partial charge in [0.25, 0.3) is 11.8 Å². The fraction of sp³-hybridized carbons (Fsp3) is 0.375. The first kappa shape index (κ1) is 17.6. The second kappa shape index (κ2) is 8.07. The predicted octanol–water partition coefficient (Wildman–Crippen LogP) is 1.75. The Kier molecular flexibility index (Phi) is 6.44.